The van der Waals surface area contributed by atoms with E-state index in [-0.39, 0.29) is 11.1 Å². The fourth-order valence-corrected chi connectivity index (χ4v) is 5.40. The van der Waals surface area contributed by atoms with E-state index in [0.29, 0.717) is 17.9 Å². The van der Waals surface area contributed by atoms with Crippen molar-refractivity contribution in [2.75, 3.05) is 5.32 Å². The van der Waals surface area contributed by atoms with Gasteiger partial charge < -0.3 is 5.32 Å². The molecule has 0 bridgehead atoms. The van der Waals surface area contributed by atoms with Crippen molar-refractivity contribution < 1.29 is 4.79 Å². The van der Waals surface area contributed by atoms with E-state index >= 15 is 0 Å². The van der Waals surface area contributed by atoms with Crippen molar-refractivity contribution in [3.05, 3.63) is 124 Å². The van der Waals surface area contributed by atoms with Crippen molar-refractivity contribution in [2.24, 2.45) is 0 Å². The van der Waals surface area contributed by atoms with Gasteiger partial charge in [0.05, 0.1) is 16.8 Å². The first kappa shape index (κ1) is 22.8. The Morgan fingerprint density at radius 1 is 0.946 bits per heavy atom. The Labute approximate surface area is 216 Å². The lowest BCUT2D eigenvalue weighted by Crippen LogP contribution is -2.30. The number of fused-ring (bicyclic) bond motifs is 2. The van der Waals surface area contributed by atoms with Crippen molar-refractivity contribution in [3.8, 4) is 10.6 Å². The smallest absolute Gasteiger partial charge is 0.265 e. The maximum atomic E-state index is 13.4. The van der Waals surface area contributed by atoms with Crippen LogP contribution in [0.4, 0.5) is 5.69 Å². The van der Waals surface area contributed by atoms with Gasteiger partial charge in [0, 0.05) is 22.8 Å². The minimum atomic E-state index is -0.458. The fraction of sp³-hybridized carbons (Fsp3) is 0.0667. The standard InChI is InChI=1S/C30H22N4O2S/c1-19-9-14-25-26(16-19)37-29(33-25)21-10-12-23(13-11-21)32-28(35)24-17-22-8-5-15-31-27(22)34(30(24)36)18-20-6-3-2-4-7-20/h2-17H,18H2,1H3,(H,32,35). The van der Waals surface area contributed by atoms with Gasteiger partial charge in [-0.1, -0.05) is 36.4 Å². The Morgan fingerprint density at radius 3 is 2.57 bits per heavy atom. The van der Waals surface area contributed by atoms with Crippen molar-refractivity contribution >= 4 is 44.2 Å². The highest BCUT2D eigenvalue weighted by molar-refractivity contribution is 7.21. The van der Waals surface area contributed by atoms with Crippen LogP contribution >= 0.6 is 11.3 Å². The molecule has 0 spiro atoms. The van der Waals surface area contributed by atoms with E-state index in [1.165, 1.54) is 5.56 Å². The van der Waals surface area contributed by atoms with Gasteiger partial charge in [0.25, 0.3) is 11.5 Å². The summed E-state index contributed by atoms with van der Waals surface area (Å²) in [6, 6.07) is 28.7. The van der Waals surface area contributed by atoms with Crippen LogP contribution in [0.15, 0.2) is 102 Å². The number of amides is 1. The Balaban J connectivity index is 1.29. The van der Waals surface area contributed by atoms with Crippen LogP contribution in [0.5, 0.6) is 0 Å². The van der Waals surface area contributed by atoms with Crippen LogP contribution in [0.2, 0.25) is 0 Å². The number of rotatable bonds is 5. The molecule has 6 rings (SSSR count). The van der Waals surface area contributed by atoms with Gasteiger partial charge in [-0.05, 0) is 72.6 Å². The number of benzene rings is 3. The summed E-state index contributed by atoms with van der Waals surface area (Å²) in [5.74, 6) is -0.458. The van der Waals surface area contributed by atoms with Gasteiger partial charge in [0.2, 0.25) is 0 Å². The molecular formula is C30H22N4O2S. The predicted molar refractivity (Wildman–Crippen MR) is 149 cm³/mol. The number of carbonyl (C=O) groups is 1. The van der Waals surface area contributed by atoms with Crippen molar-refractivity contribution in [2.45, 2.75) is 13.5 Å². The van der Waals surface area contributed by atoms with Gasteiger partial charge in [-0.2, -0.15) is 0 Å². The molecule has 0 aliphatic heterocycles. The van der Waals surface area contributed by atoms with Crippen LogP contribution in [0.3, 0.4) is 0 Å². The lowest BCUT2D eigenvalue weighted by Gasteiger charge is -2.12. The van der Waals surface area contributed by atoms with E-state index in [1.54, 1.807) is 34.2 Å². The first-order valence-electron chi connectivity index (χ1n) is 11.9. The van der Waals surface area contributed by atoms with Crippen LogP contribution in [0, 0.1) is 6.92 Å². The molecule has 0 aliphatic carbocycles. The molecule has 7 heteroatoms. The molecule has 0 saturated carbocycles. The number of aromatic nitrogens is 3. The average molecular weight is 503 g/mol. The topological polar surface area (TPSA) is 76.9 Å². The zero-order chi connectivity index (χ0) is 25.4. The molecule has 0 atom stereocenters. The van der Waals surface area contributed by atoms with E-state index in [2.05, 4.69) is 29.4 Å². The summed E-state index contributed by atoms with van der Waals surface area (Å²) in [4.78, 5) is 35.8. The Morgan fingerprint density at radius 2 is 1.76 bits per heavy atom. The fourth-order valence-electron chi connectivity index (χ4n) is 4.33. The summed E-state index contributed by atoms with van der Waals surface area (Å²) in [6.07, 6.45) is 1.65. The lowest BCUT2D eigenvalue weighted by atomic mass is 10.1. The van der Waals surface area contributed by atoms with Crippen molar-refractivity contribution in [1.82, 2.24) is 14.5 Å². The van der Waals surface area contributed by atoms with Crippen LogP contribution in [0.1, 0.15) is 21.5 Å². The normalized spacial score (nSPS) is 11.2. The highest BCUT2D eigenvalue weighted by atomic mass is 32.1. The van der Waals surface area contributed by atoms with Crippen LogP contribution < -0.4 is 10.9 Å². The molecule has 37 heavy (non-hydrogen) atoms. The Bertz CT molecular complexity index is 1820. The van der Waals surface area contributed by atoms with E-state index in [0.717, 1.165) is 31.7 Å². The number of nitrogens with one attached hydrogen (secondary N) is 1. The molecule has 0 unspecified atom stereocenters. The zero-order valence-corrected chi connectivity index (χ0v) is 20.8. The second-order valence-corrected chi connectivity index (χ2v) is 9.90. The van der Waals surface area contributed by atoms with Gasteiger partial charge in [0.15, 0.2) is 0 Å². The predicted octanol–water partition coefficient (Wildman–Crippen LogP) is 6.28. The number of carbonyl (C=O) groups excluding carboxylic acids is 1. The molecular weight excluding hydrogens is 480 g/mol. The highest BCUT2D eigenvalue weighted by Crippen LogP contribution is 2.31. The molecule has 6 nitrogen and oxygen atoms in total. The van der Waals surface area contributed by atoms with E-state index in [4.69, 9.17) is 4.98 Å². The number of nitrogens with zero attached hydrogens (tertiary/aromatic N) is 3. The molecule has 6 aromatic rings. The Kier molecular flexibility index (Phi) is 5.82. The molecule has 1 amide bonds. The lowest BCUT2D eigenvalue weighted by molar-refractivity contribution is 0.102. The summed E-state index contributed by atoms with van der Waals surface area (Å²) in [5.41, 5.74) is 4.94. The highest BCUT2D eigenvalue weighted by Gasteiger charge is 2.17. The maximum Gasteiger partial charge on any atom is 0.265 e. The zero-order valence-electron chi connectivity index (χ0n) is 20.0. The van der Waals surface area contributed by atoms with E-state index < -0.39 is 5.91 Å². The van der Waals surface area contributed by atoms with Crippen molar-refractivity contribution in [3.63, 3.8) is 0 Å². The molecule has 1 N–H and O–H groups in total. The van der Waals surface area contributed by atoms with E-state index in [1.807, 2.05) is 66.7 Å². The number of pyridine rings is 2. The van der Waals surface area contributed by atoms with Gasteiger partial charge in [-0.3, -0.25) is 14.2 Å². The molecule has 0 fully saturated rings. The molecule has 3 heterocycles. The van der Waals surface area contributed by atoms with Crippen LogP contribution in [-0.2, 0) is 6.54 Å². The molecule has 3 aromatic carbocycles. The summed E-state index contributed by atoms with van der Waals surface area (Å²) in [7, 11) is 0. The number of hydrogen-bond donors (Lipinski definition) is 1. The van der Waals surface area contributed by atoms with Gasteiger partial charge in [0.1, 0.15) is 16.2 Å². The second kappa shape index (κ2) is 9.44. The molecule has 0 radical (unpaired) electrons. The summed E-state index contributed by atoms with van der Waals surface area (Å²) >= 11 is 1.64. The third kappa shape index (κ3) is 4.52. The molecule has 0 saturated heterocycles. The summed E-state index contributed by atoms with van der Waals surface area (Å²) < 4.78 is 2.70. The number of aryl methyl sites for hydroxylation is 1. The van der Waals surface area contributed by atoms with Gasteiger partial charge in [-0.15, -0.1) is 11.3 Å². The molecule has 180 valence electrons. The Hall–Kier alpha value is -4.62. The third-order valence-electron chi connectivity index (χ3n) is 6.21. The monoisotopic (exact) mass is 502 g/mol. The summed E-state index contributed by atoms with van der Waals surface area (Å²) in [6.45, 7) is 2.39. The number of hydrogen-bond acceptors (Lipinski definition) is 5. The molecule has 3 aromatic heterocycles. The minimum absolute atomic E-state index is 0.0713. The van der Waals surface area contributed by atoms with Gasteiger partial charge >= 0.3 is 0 Å². The molecule has 0 aliphatic rings. The third-order valence-corrected chi connectivity index (χ3v) is 7.28. The van der Waals surface area contributed by atoms with Crippen LogP contribution in [-0.4, -0.2) is 20.4 Å². The first-order chi connectivity index (χ1) is 18.0. The first-order valence-corrected chi connectivity index (χ1v) is 12.7. The SMILES string of the molecule is Cc1ccc2nc(-c3ccc(NC(=O)c4cc5cccnc5n(Cc5ccccc5)c4=O)cc3)sc2c1. The van der Waals surface area contributed by atoms with Gasteiger partial charge in [-0.25, -0.2) is 9.97 Å². The largest absolute Gasteiger partial charge is 0.322 e. The number of anilines is 1. The summed E-state index contributed by atoms with van der Waals surface area (Å²) in [5, 5.41) is 4.53. The van der Waals surface area contributed by atoms with Crippen LogP contribution in [0.25, 0.3) is 31.8 Å². The maximum absolute atomic E-state index is 13.4. The van der Waals surface area contributed by atoms with E-state index in [9.17, 15) is 9.59 Å². The second-order valence-electron chi connectivity index (χ2n) is 8.87. The van der Waals surface area contributed by atoms with Crippen molar-refractivity contribution in [1.29, 1.82) is 0 Å². The number of thiazole rings is 1. The minimum Gasteiger partial charge on any atom is -0.322 e. The quantitative estimate of drug-likeness (QED) is 0.301. The average Bonchev–Trinajstić information content (AvgIpc) is 3.34.